The molecule has 1 saturated heterocycles. The van der Waals surface area contributed by atoms with E-state index in [0.29, 0.717) is 5.41 Å². The minimum Gasteiger partial charge on any atom is -0.299 e. The molecule has 110 valence electrons. The lowest BCUT2D eigenvalue weighted by atomic mass is 9.82. The Hall–Kier alpha value is -1.67. The fraction of sp³-hybridized carbons (Fsp3) is 0.421. The standard InChI is InChI=1S/C19H24N2/c1-19(2)9-12-21(13-10-19)15-16-8-11-20-18(14-16)17-6-4-3-5-7-17/h3-8,11,14H,9-10,12-13,15H2,1-2H3. The number of piperidine rings is 1. The summed E-state index contributed by atoms with van der Waals surface area (Å²) in [7, 11) is 0. The van der Waals surface area contributed by atoms with Gasteiger partial charge in [0.05, 0.1) is 5.69 Å². The van der Waals surface area contributed by atoms with E-state index in [1.165, 1.54) is 37.1 Å². The van der Waals surface area contributed by atoms with Gasteiger partial charge in [0.25, 0.3) is 0 Å². The summed E-state index contributed by atoms with van der Waals surface area (Å²) in [6.45, 7) is 8.21. The highest BCUT2D eigenvalue weighted by atomic mass is 15.1. The predicted octanol–water partition coefficient (Wildman–Crippen LogP) is 4.37. The molecule has 1 fully saturated rings. The molecular formula is C19H24N2. The summed E-state index contributed by atoms with van der Waals surface area (Å²) in [5.41, 5.74) is 4.15. The van der Waals surface area contributed by atoms with E-state index in [0.717, 1.165) is 12.2 Å². The first kappa shape index (κ1) is 14.3. The maximum Gasteiger partial charge on any atom is 0.0705 e. The van der Waals surface area contributed by atoms with Crippen LogP contribution in [0.25, 0.3) is 11.3 Å². The molecule has 0 bridgehead atoms. The van der Waals surface area contributed by atoms with Crippen molar-refractivity contribution in [1.82, 2.24) is 9.88 Å². The maximum absolute atomic E-state index is 4.51. The number of benzene rings is 1. The normalized spacial score (nSPS) is 18.6. The number of likely N-dealkylation sites (tertiary alicyclic amines) is 1. The number of rotatable bonds is 3. The van der Waals surface area contributed by atoms with Gasteiger partial charge in [-0.25, -0.2) is 0 Å². The Labute approximate surface area is 127 Å². The number of hydrogen-bond acceptors (Lipinski definition) is 2. The quantitative estimate of drug-likeness (QED) is 0.830. The summed E-state index contributed by atoms with van der Waals surface area (Å²) in [5, 5.41) is 0. The molecule has 1 aliphatic rings. The van der Waals surface area contributed by atoms with E-state index >= 15 is 0 Å². The smallest absolute Gasteiger partial charge is 0.0705 e. The van der Waals surface area contributed by atoms with Crippen molar-refractivity contribution in [3.05, 3.63) is 54.2 Å². The predicted molar refractivity (Wildman–Crippen MR) is 88.0 cm³/mol. The van der Waals surface area contributed by atoms with Crippen molar-refractivity contribution in [2.45, 2.75) is 33.2 Å². The van der Waals surface area contributed by atoms with Crippen molar-refractivity contribution < 1.29 is 0 Å². The molecule has 0 N–H and O–H groups in total. The third-order valence-electron chi connectivity index (χ3n) is 4.51. The van der Waals surface area contributed by atoms with Crippen molar-refractivity contribution in [2.24, 2.45) is 5.41 Å². The zero-order valence-electron chi connectivity index (χ0n) is 13.0. The van der Waals surface area contributed by atoms with Crippen LogP contribution in [-0.4, -0.2) is 23.0 Å². The Kier molecular flexibility index (Phi) is 4.07. The minimum atomic E-state index is 0.518. The third kappa shape index (κ3) is 3.70. The van der Waals surface area contributed by atoms with Crippen LogP contribution < -0.4 is 0 Å². The van der Waals surface area contributed by atoms with Gasteiger partial charge in [0.2, 0.25) is 0 Å². The molecule has 2 aromatic rings. The van der Waals surface area contributed by atoms with Crippen LogP contribution in [0.5, 0.6) is 0 Å². The zero-order chi connectivity index (χ0) is 14.7. The summed E-state index contributed by atoms with van der Waals surface area (Å²) in [6, 6.07) is 14.8. The molecule has 2 nitrogen and oxygen atoms in total. The Morgan fingerprint density at radius 1 is 1.05 bits per heavy atom. The first-order valence-corrected chi connectivity index (χ1v) is 7.85. The molecule has 0 spiro atoms. The van der Waals surface area contributed by atoms with Gasteiger partial charge in [0.15, 0.2) is 0 Å². The van der Waals surface area contributed by atoms with Gasteiger partial charge in [-0.1, -0.05) is 44.2 Å². The fourth-order valence-corrected chi connectivity index (χ4v) is 2.91. The van der Waals surface area contributed by atoms with Crippen LogP contribution in [0.1, 0.15) is 32.3 Å². The van der Waals surface area contributed by atoms with E-state index in [-0.39, 0.29) is 0 Å². The van der Waals surface area contributed by atoms with Crippen LogP contribution in [0.4, 0.5) is 0 Å². The van der Waals surface area contributed by atoms with Crippen molar-refractivity contribution in [1.29, 1.82) is 0 Å². The summed E-state index contributed by atoms with van der Waals surface area (Å²) < 4.78 is 0. The van der Waals surface area contributed by atoms with Crippen LogP contribution in [0, 0.1) is 5.41 Å². The monoisotopic (exact) mass is 280 g/mol. The lowest BCUT2D eigenvalue weighted by Gasteiger charge is -2.36. The summed E-state index contributed by atoms with van der Waals surface area (Å²) in [5.74, 6) is 0. The van der Waals surface area contributed by atoms with Crippen LogP contribution in [0.2, 0.25) is 0 Å². The second-order valence-corrected chi connectivity index (χ2v) is 6.86. The van der Waals surface area contributed by atoms with Crippen molar-refractivity contribution in [3.63, 3.8) is 0 Å². The van der Waals surface area contributed by atoms with Gasteiger partial charge in [-0.3, -0.25) is 9.88 Å². The molecule has 2 heteroatoms. The highest BCUT2D eigenvalue weighted by molar-refractivity contribution is 5.59. The van der Waals surface area contributed by atoms with Gasteiger partial charge < -0.3 is 0 Å². The van der Waals surface area contributed by atoms with Gasteiger partial charge in [-0.2, -0.15) is 0 Å². The topological polar surface area (TPSA) is 16.1 Å². The van der Waals surface area contributed by atoms with Gasteiger partial charge in [-0.15, -0.1) is 0 Å². The fourth-order valence-electron chi connectivity index (χ4n) is 2.91. The summed E-state index contributed by atoms with van der Waals surface area (Å²) >= 11 is 0. The minimum absolute atomic E-state index is 0.518. The molecule has 1 aromatic heterocycles. The Bertz CT molecular complexity index is 580. The molecule has 0 saturated carbocycles. The second-order valence-electron chi connectivity index (χ2n) is 6.86. The molecule has 3 rings (SSSR count). The molecule has 0 radical (unpaired) electrons. The van der Waals surface area contributed by atoms with Crippen molar-refractivity contribution >= 4 is 0 Å². The summed E-state index contributed by atoms with van der Waals surface area (Å²) in [6.07, 6.45) is 4.53. The maximum atomic E-state index is 4.51. The Morgan fingerprint density at radius 2 is 1.76 bits per heavy atom. The molecule has 0 aliphatic carbocycles. The highest BCUT2D eigenvalue weighted by Crippen LogP contribution is 2.30. The van der Waals surface area contributed by atoms with Gasteiger partial charge in [-0.05, 0) is 49.0 Å². The molecule has 1 aromatic carbocycles. The van der Waals surface area contributed by atoms with Crippen molar-refractivity contribution in [2.75, 3.05) is 13.1 Å². The van der Waals surface area contributed by atoms with Crippen molar-refractivity contribution in [3.8, 4) is 11.3 Å². The number of aromatic nitrogens is 1. The van der Waals surface area contributed by atoms with E-state index in [1.807, 2.05) is 12.3 Å². The molecule has 0 atom stereocenters. The first-order valence-electron chi connectivity index (χ1n) is 7.85. The first-order chi connectivity index (χ1) is 10.1. The lowest BCUT2D eigenvalue weighted by Crippen LogP contribution is -2.36. The van der Waals surface area contributed by atoms with Gasteiger partial charge in [0, 0.05) is 18.3 Å². The van der Waals surface area contributed by atoms with E-state index in [4.69, 9.17) is 0 Å². The molecule has 2 heterocycles. The van der Waals surface area contributed by atoms with Crippen LogP contribution in [-0.2, 0) is 6.54 Å². The average Bonchev–Trinajstić information content (AvgIpc) is 2.51. The zero-order valence-corrected chi connectivity index (χ0v) is 13.0. The van der Waals surface area contributed by atoms with Crippen LogP contribution in [0.3, 0.4) is 0 Å². The van der Waals surface area contributed by atoms with Gasteiger partial charge >= 0.3 is 0 Å². The van der Waals surface area contributed by atoms with E-state index in [9.17, 15) is 0 Å². The molecule has 0 amide bonds. The number of nitrogens with zero attached hydrogens (tertiary/aromatic N) is 2. The molecule has 1 aliphatic heterocycles. The highest BCUT2D eigenvalue weighted by Gasteiger charge is 2.25. The van der Waals surface area contributed by atoms with Crippen LogP contribution in [0.15, 0.2) is 48.7 Å². The number of pyridine rings is 1. The van der Waals surface area contributed by atoms with E-state index in [2.05, 4.69) is 60.1 Å². The molecular weight excluding hydrogens is 256 g/mol. The SMILES string of the molecule is CC1(C)CCN(Cc2ccnc(-c3ccccc3)c2)CC1. The lowest BCUT2D eigenvalue weighted by molar-refractivity contribution is 0.127. The third-order valence-corrected chi connectivity index (χ3v) is 4.51. The number of hydrogen-bond donors (Lipinski definition) is 0. The average molecular weight is 280 g/mol. The van der Waals surface area contributed by atoms with E-state index < -0.39 is 0 Å². The Balaban J connectivity index is 1.70. The Morgan fingerprint density at radius 3 is 2.48 bits per heavy atom. The molecule has 21 heavy (non-hydrogen) atoms. The van der Waals surface area contributed by atoms with Gasteiger partial charge in [0.1, 0.15) is 0 Å². The summed E-state index contributed by atoms with van der Waals surface area (Å²) in [4.78, 5) is 7.07. The van der Waals surface area contributed by atoms with E-state index in [1.54, 1.807) is 0 Å². The largest absolute Gasteiger partial charge is 0.299 e. The van der Waals surface area contributed by atoms with Crippen LogP contribution >= 0.6 is 0 Å². The molecule has 0 unspecified atom stereocenters. The second kappa shape index (κ2) is 5.98.